The highest BCUT2D eigenvalue weighted by Crippen LogP contribution is 2.28. The Balaban J connectivity index is 1.81. The van der Waals surface area contributed by atoms with E-state index in [2.05, 4.69) is 28.4 Å². The zero-order valence-electron chi connectivity index (χ0n) is 10.7. The smallest absolute Gasteiger partial charge is 0.203 e. The number of aromatic nitrogens is 2. The maximum atomic E-state index is 4.34. The van der Waals surface area contributed by atoms with Crippen molar-refractivity contribution in [2.45, 2.75) is 39.2 Å². The van der Waals surface area contributed by atoms with Gasteiger partial charge < -0.3 is 9.88 Å². The summed E-state index contributed by atoms with van der Waals surface area (Å²) in [5.41, 5.74) is 0. The maximum Gasteiger partial charge on any atom is 0.203 e. The molecule has 1 aromatic heterocycles. The van der Waals surface area contributed by atoms with Crippen molar-refractivity contribution in [3.63, 3.8) is 0 Å². The Labute approximate surface area is 104 Å². The molecule has 0 spiro atoms. The summed E-state index contributed by atoms with van der Waals surface area (Å²) in [7, 11) is 0. The number of anilines is 1. The van der Waals surface area contributed by atoms with Gasteiger partial charge in [0.15, 0.2) is 0 Å². The van der Waals surface area contributed by atoms with Crippen molar-refractivity contribution in [1.29, 1.82) is 0 Å². The number of hydrogen-bond acceptors (Lipinski definition) is 2. The van der Waals surface area contributed by atoms with Crippen LogP contribution in [0.3, 0.4) is 0 Å². The molecule has 0 saturated heterocycles. The summed E-state index contributed by atoms with van der Waals surface area (Å²) in [6.45, 7) is 8.00. The van der Waals surface area contributed by atoms with Crippen molar-refractivity contribution < 1.29 is 0 Å². The van der Waals surface area contributed by atoms with E-state index >= 15 is 0 Å². The van der Waals surface area contributed by atoms with Gasteiger partial charge in [-0.15, -0.1) is 6.58 Å². The van der Waals surface area contributed by atoms with Crippen LogP contribution in [0.2, 0.25) is 0 Å². The Hall–Kier alpha value is -1.25. The fraction of sp³-hybridized carbons (Fsp3) is 0.643. The van der Waals surface area contributed by atoms with Gasteiger partial charge in [0.1, 0.15) is 0 Å². The maximum absolute atomic E-state index is 4.34. The summed E-state index contributed by atoms with van der Waals surface area (Å²) < 4.78 is 2.10. The molecule has 1 aliphatic carbocycles. The van der Waals surface area contributed by atoms with E-state index < -0.39 is 0 Å². The predicted molar refractivity (Wildman–Crippen MR) is 72.0 cm³/mol. The summed E-state index contributed by atoms with van der Waals surface area (Å²) in [5.74, 6) is 2.72. The lowest BCUT2D eigenvalue weighted by atomic mass is 9.83. The number of allylic oxidation sites excluding steroid dienone is 1. The standard InChI is InChI=1S/C14H23N3/c1-3-9-17-10-8-15-14(17)16-11-13-6-4-12(2)5-7-13/h3,8,10,12-13H,1,4-7,9,11H2,2H3,(H,15,16). The Morgan fingerprint density at radius 3 is 2.94 bits per heavy atom. The topological polar surface area (TPSA) is 29.9 Å². The van der Waals surface area contributed by atoms with Crippen LogP contribution < -0.4 is 5.32 Å². The van der Waals surface area contributed by atoms with Gasteiger partial charge >= 0.3 is 0 Å². The SMILES string of the molecule is C=CCn1ccnc1NCC1CCC(C)CC1. The Morgan fingerprint density at radius 1 is 1.47 bits per heavy atom. The molecule has 94 valence electrons. The first-order valence-corrected chi connectivity index (χ1v) is 6.65. The first kappa shape index (κ1) is 12.2. The Bertz CT molecular complexity index is 348. The van der Waals surface area contributed by atoms with Gasteiger partial charge in [-0.05, 0) is 24.7 Å². The van der Waals surface area contributed by atoms with Crippen molar-refractivity contribution in [2.24, 2.45) is 11.8 Å². The number of rotatable bonds is 5. The molecule has 1 N–H and O–H groups in total. The van der Waals surface area contributed by atoms with E-state index in [1.54, 1.807) is 0 Å². The molecular formula is C14H23N3. The van der Waals surface area contributed by atoms with Crippen LogP contribution in [-0.4, -0.2) is 16.1 Å². The van der Waals surface area contributed by atoms with Crippen LogP contribution in [0.1, 0.15) is 32.6 Å². The van der Waals surface area contributed by atoms with E-state index in [1.165, 1.54) is 25.7 Å². The first-order chi connectivity index (χ1) is 8.29. The van der Waals surface area contributed by atoms with Gasteiger partial charge in [-0.25, -0.2) is 4.98 Å². The van der Waals surface area contributed by atoms with Crippen LogP contribution in [0.5, 0.6) is 0 Å². The minimum Gasteiger partial charge on any atom is -0.355 e. The summed E-state index contributed by atoms with van der Waals surface area (Å²) >= 11 is 0. The molecule has 1 heterocycles. The van der Waals surface area contributed by atoms with E-state index in [4.69, 9.17) is 0 Å². The molecule has 3 heteroatoms. The van der Waals surface area contributed by atoms with E-state index in [0.717, 1.165) is 30.9 Å². The van der Waals surface area contributed by atoms with Crippen LogP contribution in [0.15, 0.2) is 25.0 Å². The molecule has 1 aromatic rings. The number of nitrogens with zero attached hydrogens (tertiary/aromatic N) is 2. The third kappa shape index (κ3) is 3.35. The Morgan fingerprint density at radius 2 is 2.24 bits per heavy atom. The first-order valence-electron chi connectivity index (χ1n) is 6.65. The van der Waals surface area contributed by atoms with Crippen molar-refractivity contribution in [1.82, 2.24) is 9.55 Å². The zero-order valence-corrected chi connectivity index (χ0v) is 10.7. The molecule has 0 atom stereocenters. The molecule has 3 nitrogen and oxygen atoms in total. The van der Waals surface area contributed by atoms with Gasteiger partial charge in [-0.1, -0.05) is 25.8 Å². The third-order valence-electron chi connectivity index (χ3n) is 3.73. The van der Waals surface area contributed by atoms with Crippen LogP contribution in [0.4, 0.5) is 5.95 Å². The zero-order chi connectivity index (χ0) is 12.1. The van der Waals surface area contributed by atoms with Crippen molar-refractivity contribution in [2.75, 3.05) is 11.9 Å². The highest BCUT2D eigenvalue weighted by molar-refractivity contribution is 5.26. The quantitative estimate of drug-likeness (QED) is 0.791. The lowest BCUT2D eigenvalue weighted by Crippen LogP contribution is -2.21. The van der Waals surface area contributed by atoms with E-state index in [1.807, 2.05) is 18.5 Å². The number of imidazole rings is 1. The van der Waals surface area contributed by atoms with Crippen LogP contribution >= 0.6 is 0 Å². The molecule has 1 saturated carbocycles. The molecule has 1 fully saturated rings. The third-order valence-corrected chi connectivity index (χ3v) is 3.73. The predicted octanol–water partition coefficient (Wildman–Crippen LogP) is 3.31. The fourth-order valence-electron chi connectivity index (χ4n) is 2.53. The molecule has 2 rings (SSSR count). The molecule has 17 heavy (non-hydrogen) atoms. The molecule has 0 aromatic carbocycles. The Kier molecular flexibility index (Phi) is 4.24. The van der Waals surface area contributed by atoms with E-state index in [0.29, 0.717) is 0 Å². The molecule has 0 amide bonds. The van der Waals surface area contributed by atoms with Crippen LogP contribution in [0, 0.1) is 11.8 Å². The summed E-state index contributed by atoms with van der Waals surface area (Å²) in [6.07, 6.45) is 11.2. The highest BCUT2D eigenvalue weighted by Gasteiger charge is 2.18. The summed E-state index contributed by atoms with van der Waals surface area (Å²) in [5, 5.41) is 3.47. The van der Waals surface area contributed by atoms with Gasteiger partial charge in [0.25, 0.3) is 0 Å². The second kappa shape index (κ2) is 5.89. The number of nitrogens with one attached hydrogen (secondary N) is 1. The van der Waals surface area contributed by atoms with Gasteiger partial charge in [0.2, 0.25) is 5.95 Å². The average Bonchev–Trinajstić information content (AvgIpc) is 2.77. The lowest BCUT2D eigenvalue weighted by molar-refractivity contribution is 0.300. The largest absolute Gasteiger partial charge is 0.355 e. The van der Waals surface area contributed by atoms with Gasteiger partial charge in [0.05, 0.1) is 0 Å². The van der Waals surface area contributed by atoms with E-state index in [9.17, 15) is 0 Å². The van der Waals surface area contributed by atoms with Gasteiger partial charge in [-0.3, -0.25) is 0 Å². The highest BCUT2D eigenvalue weighted by atomic mass is 15.2. The van der Waals surface area contributed by atoms with Gasteiger partial charge in [-0.2, -0.15) is 0 Å². The normalized spacial score (nSPS) is 24.5. The average molecular weight is 233 g/mol. The molecule has 0 radical (unpaired) electrons. The second-order valence-electron chi connectivity index (χ2n) is 5.20. The lowest BCUT2D eigenvalue weighted by Gasteiger charge is -2.26. The van der Waals surface area contributed by atoms with Gasteiger partial charge in [0, 0.05) is 25.5 Å². The van der Waals surface area contributed by atoms with Crippen LogP contribution in [-0.2, 0) is 6.54 Å². The van der Waals surface area contributed by atoms with E-state index in [-0.39, 0.29) is 0 Å². The fourth-order valence-corrected chi connectivity index (χ4v) is 2.53. The summed E-state index contributed by atoms with van der Waals surface area (Å²) in [6, 6.07) is 0. The number of hydrogen-bond donors (Lipinski definition) is 1. The monoisotopic (exact) mass is 233 g/mol. The minimum atomic E-state index is 0.820. The summed E-state index contributed by atoms with van der Waals surface area (Å²) in [4.78, 5) is 4.34. The molecular weight excluding hydrogens is 210 g/mol. The van der Waals surface area contributed by atoms with Crippen molar-refractivity contribution in [3.8, 4) is 0 Å². The van der Waals surface area contributed by atoms with Crippen molar-refractivity contribution >= 4 is 5.95 Å². The van der Waals surface area contributed by atoms with Crippen molar-refractivity contribution in [3.05, 3.63) is 25.0 Å². The van der Waals surface area contributed by atoms with Crippen LogP contribution in [0.25, 0.3) is 0 Å². The molecule has 0 aliphatic heterocycles. The molecule has 1 aliphatic rings. The second-order valence-corrected chi connectivity index (χ2v) is 5.20. The molecule has 0 bridgehead atoms. The minimum absolute atomic E-state index is 0.820. The molecule has 0 unspecified atom stereocenters.